The zero-order chi connectivity index (χ0) is 18.0. The minimum absolute atomic E-state index is 0.0367. The van der Waals surface area contributed by atoms with E-state index in [0.717, 1.165) is 12.8 Å². The van der Waals surface area contributed by atoms with Crippen molar-refractivity contribution in [2.24, 2.45) is 5.92 Å². The molecule has 1 aliphatic heterocycles. The molecule has 2 aliphatic rings. The monoisotopic (exact) mass is 365 g/mol. The van der Waals surface area contributed by atoms with Gasteiger partial charge in [-0.15, -0.1) is 0 Å². The van der Waals surface area contributed by atoms with Crippen molar-refractivity contribution < 1.29 is 13.2 Å². The van der Waals surface area contributed by atoms with E-state index in [-0.39, 0.29) is 22.9 Å². The minimum atomic E-state index is -3.51. The second kappa shape index (κ2) is 7.43. The summed E-state index contributed by atoms with van der Waals surface area (Å²) in [7, 11) is -3.51. The smallest absolute Gasteiger partial charge is 0.241 e. The molecule has 0 aromatic heterocycles. The second-order valence-electron chi connectivity index (χ2n) is 7.40. The lowest BCUT2D eigenvalue weighted by Crippen LogP contribution is -2.39. The highest BCUT2D eigenvalue weighted by Gasteiger charge is 2.38. The molecule has 1 heterocycles. The Morgan fingerprint density at radius 2 is 1.84 bits per heavy atom. The van der Waals surface area contributed by atoms with E-state index >= 15 is 0 Å². The van der Waals surface area contributed by atoms with Gasteiger partial charge in [-0.25, -0.2) is 13.1 Å². The van der Waals surface area contributed by atoms with Crippen LogP contribution in [0.2, 0.25) is 0 Å². The van der Waals surface area contributed by atoms with Crippen LogP contribution in [0, 0.1) is 5.92 Å². The van der Waals surface area contributed by atoms with Crippen molar-refractivity contribution in [3.05, 3.63) is 24.3 Å². The van der Waals surface area contributed by atoms with Crippen LogP contribution in [0.25, 0.3) is 0 Å². The van der Waals surface area contributed by atoms with E-state index in [1.165, 1.54) is 31.4 Å². The molecule has 2 fully saturated rings. The average Bonchev–Trinajstić information content (AvgIpc) is 2.98. The van der Waals surface area contributed by atoms with Crippen LogP contribution in [0.1, 0.15) is 46.0 Å². The summed E-state index contributed by atoms with van der Waals surface area (Å²) < 4.78 is 26.8. The molecule has 25 heavy (non-hydrogen) atoms. The lowest BCUT2D eigenvalue weighted by atomic mass is 9.85. The van der Waals surface area contributed by atoms with Gasteiger partial charge < -0.3 is 10.6 Å². The van der Waals surface area contributed by atoms with Crippen LogP contribution in [0.3, 0.4) is 0 Å². The molecule has 6 nitrogen and oxygen atoms in total. The molecule has 1 amide bonds. The molecule has 3 N–H and O–H groups in total. The number of hydrogen-bond donors (Lipinski definition) is 3. The highest BCUT2D eigenvalue weighted by molar-refractivity contribution is 7.89. The number of sulfonamides is 1. The standard InChI is InChI=1S/C18H27N3O3S/c1-12(2)21-25(23,24)15-9-7-14(8-10-15)19-18(22)17-11-13-5-3-4-6-16(13)20-17/h7-10,12-13,16-17,20-21H,3-6,11H2,1-2H3,(H,19,22). The third kappa shape index (κ3) is 4.40. The molecule has 3 atom stereocenters. The van der Waals surface area contributed by atoms with E-state index in [4.69, 9.17) is 0 Å². The van der Waals surface area contributed by atoms with Crippen LogP contribution < -0.4 is 15.4 Å². The van der Waals surface area contributed by atoms with Crippen molar-refractivity contribution in [2.45, 2.75) is 69.0 Å². The molecule has 3 rings (SSSR count). The third-order valence-corrected chi connectivity index (χ3v) is 6.68. The van der Waals surface area contributed by atoms with E-state index in [9.17, 15) is 13.2 Å². The van der Waals surface area contributed by atoms with Gasteiger partial charge in [0.15, 0.2) is 0 Å². The Kier molecular flexibility index (Phi) is 5.46. The van der Waals surface area contributed by atoms with Gasteiger partial charge in [-0.2, -0.15) is 0 Å². The first-order chi connectivity index (χ1) is 11.8. The van der Waals surface area contributed by atoms with Gasteiger partial charge in [0, 0.05) is 17.8 Å². The summed E-state index contributed by atoms with van der Waals surface area (Å²) in [6, 6.07) is 6.45. The summed E-state index contributed by atoms with van der Waals surface area (Å²) in [5.74, 6) is 0.574. The van der Waals surface area contributed by atoms with Crippen LogP contribution in [-0.4, -0.2) is 32.5 Å². The molecular weight excluding hydrogens is 338 g/mol. The molecule has 0 spiro atoms. The molecule has 1 aromatic carbocycles. The highest BCUT2D eigenvalue weighted by Crippen LogP contribution is 2.33. The van der Waals surface area contributed by atoms with Crippen LogP contribution in [0.15, 0.2) is 29.2 Å². The van der Waals surface area contributed by atoms with Crippen molar-refractivity contribution in [3.8, 4) is 0 Å². The predicted octanol–water partition coefficient (Wildman–Crippen LogP) is 2.23. The van der Waals surface area contributed by atoms with Crippen LogP contribution >= 0.6 is 0 Å². The number of nitrogens with one attached hydrogen (secondary N) is 3. The number of anilines is 1. The van der Waals surface area contributed by atoms with Crippen LogP contribution in [0.4, 0.5) is 5.69 Å². The van der Waals surface area contributed by atoms with E-state index in [0.29, 0.717) is 17.6 Å². The van der Waals surface area contributed by atoms with Crippen molar-refractivity contribution >= 4 is 21.6 Å². The Hall–Kier alpha value is -1.44. The van der Waals surface area contributed by atoms with Gasteiger partial charge in [-0.05, 0) is 63.3 Å². The fraction of sp³-hybridized carbons (Fsp3) is 0.611. The molecule has 1 aromatic rings. The summed E-state index contributed by atoms with van der Waals surface area (Å²) in [5.41, 5.74) is 0.616. The quantitative estimate of drug-likeness (QED) is 0.747. The minimum Gasteiger partial charge on any atom is -0.325 e. The Morgan fingerprint density at radius 1 is 1.16 bits per heavy atom. The molecular formula is C18H27N3O3S. The van der Waals surface area contributed by atoms with Gasteiger partial charge in [0.1, 0.15) is 0 Å². The summed E-state index contributed by atoms with van der Waals surface area (Å²) >= 11 is 0. The molecule has 0 radical (unpaired) electrons. The number of carbonyl (C=O) groups excluding carboxylic acids is 1. The maximum absolute atomic E-state index is 12.5. The van der Waals surface area contributed by atoms with Crippen LogP contribution in [-0.2, 0) is 14.8 Å². The maximum Gasteiger partial charge on any atom is 0.241 e. The van der Waals surface area contributed by atoms with E-state index in [2.05, 4.69) is 15.4 Å². The van der Waals surface area contributed by atoms with E-state index in [1.54, 1.807) is 26.0 Å². The summed E-state index contributed by atoms with van der Waals surface area (Å²) in [5, 5.41) is 6.35. The number of fused-ring (bicyclic) bond motifs is 1. The third-order valence-electron chi connectivity index (χ3n) is 5.00. The largest absolute Gasteiger partial charge is 0.325 e. The van der Waals surface area contributed by atoms with Crippen LogP contribution in [0.5, 0.6) is 0 Å². The first kappa shape index (κ1) is 18.4. The Balaban J connectivity index is 1.61. The fourth-order valence-corrected chi connectivity index (χ4v) is 5.10. The van der Waals surface area contributed by atoms with Gasteiger partial charge >= 0.3 is 0 Å². The Labute approximate surface area is 149 Å². The second-order valence-corrected chi connectivity index (χ2v) is 9.11. The lowest BCUT2D eigenvalue weighted by molar-refractivity contribution is -0.117. The SMILES string of the molecule is CC(C)NS(=O)(=O)c1ccc(NC(=O)C2CC3CCCCC3N2)cc1. The lowest BCUT2D eigenvalue weighted by Gasteiger charge is -2.24. The van der Waals surface area contributed by atoms with Crippen molar-refractivity contribution in [1.82, 2.24) is 10.0 Å². The van der Waals surface area contributed by atoms with Gasteiger partial charge in [0.2, 0.25) is 15.9 Å². The maximum atomic E-state index is 12.5. The van der Waals surface area contributed by atoms with E-state index in [1.807, 2.05) is 0 Å². The first-order valence-corrected chi connectivity index (χ1v) is 10.5. The van der Waals surface area contributed by atoms with Crippen molar-refractivity contribution in [3.63, 3.8) is 0 Å². The molecule has 1 saturated heterocycles. The zero-order valence-corrected chi connectivity index (χ0v) is 15.6. The fourth-order valence-electron chi connectivity index (χ4n) is 3.85. The highest BCUT2D eigenvalue weighted by atomic mass is 32.2. The van der Waals surface area contributed by atoms with Gasteiger partial charge in [0.25, 0.3) is 0 Å². The number of rotatable bonds is 5. The normalized spacial score (nSPS) is 26.4. The predicted molar refractivity (Wildman–Crippen MR) is 97.8 cm³/mol. The Bertz CT molecular complexity index is 702. The van der Waals surface area contributed by atoms with E-state index < -0.39 is 10.0 Å². The van der Waals surface area contributed by atoms with Gasteiger partial charge in [0.05, 0.1) is 10.9 Å². The number of hydrogen-bond acceptors (Lipinski definition) is 4. The number of amides is 1. The average molecular weight is 365 g/mol. The molecule has 1 saturated carbocycles. The molecule has 1 aliphatic carbocycles. The zero-order valence-electron chi connectivity index (χ0n) is 14.8. The summed E-state index contributed by atoms with van der Waals surface area (Å²) in [4.78, 5) is 12.7. The molecule has 0 bridgehead atoms. The molecule has 7 heteroatoms. The van der Waals surface area contributed by atoms with Gasteiger partial charge in [-0.3, -0.25) is 4.79 Å². The topological polar surface area (TPSA) is 87.3 Å². The Morgan fingerprint density at radius 3 is 2.48 bits per heavy atom. The number of benzene rings is 1. The van der Waals surface area contributed by atoms with Gasteiger partial charge in [-0.1, -0.05) is 12.8 Å². The molecule has 138 valence electrons. The first-order valence-electron chi connectivity index (χ1n) is 9.04. The summed E-state index contributed by atoms with van der Waals surface area (Å²) in [6.45, 7) is 3.55. The summed E-state index contributed by atoms with van der Waals surface area (Å²) in [6.07, 6.45) is 5.75. The molecule has 3 unspecified atom stereocenters. The number of carbonyl (C=O) groups is 1. The van der Waals surface area contributed by atoms with Crippen molar-refractivity contribution in [1.29, 1.82) is 0 Å². The van der Waals surface area contributed by atoms with Crippen molar-refractivity contribution in [2.75, 3.05) is 5.32 Å².